The SMILES string of the molecule is COC(=O)c1ccc([C@H]2C(C(=O)OC3CCCCC3)=C(C)NC3=C2C(=O)CCC3)cc1. The van der Waals surface area contributed by atoms with Gasteiger partial charge in [0.15, 0.2) is 5.78 Å². The van der Waals surface area contributed by atoms with Gasteiger partial charge in [0.2, 0.25) is 0 Å². The smallest absolute Gasteiger partial charge is 0.337 e. The Hall–Kier alpha value is -2.89. The molecule has 1 heterocycles. The van der Waals surface area contributed by atoms with E-state index in [2.05, 4.69) is 5.32 Å². The van der Waals surface area contributed by atoms with E-state index in [1.54, 1.807) is 24.3 Å². The molecule has 2 aliphatic carbocycles. The molecule has 0 saturated heterocycles. The van der Waals surface area contributed by atoms with Crippen molar-refractivity contribution in [1.82, 2.24) is 5.32 Å². The molecule has 164 valence electrons. The van der Waals surface area contributed by atoms with E-state index < -0.39 is 11.9 Å². The van der Waals surface area contributed by atoms with E-state index in [1.165, 1.54) is 13.5 Å². The number of hydrogen-bond acceptors (Lipinski definition) is 6. The zero-order valence-corrected chi connectivity index (χ0v) is 18.2. The van der Waals surface area contributed by atoms with E-state index in [4.69, 9.17) is 9.47 Å². The molecule has 0 radical (unpaired) electrons. The van der Waals surface area contributed by atoms with Crippen LogP contribution in [0, 0.1) is 0 Å². The van der Waals surface area contributed by atoms with Gasteiger partial charge in [0.25, 0.3) is 0 Å². The molecule has 1 aromatic rings. The maximum absolute atomic E-state index is 13.3. The second-order valence-corrected chi connectivity index (χ2v) is 8.54. The van der Waals surface area contributed by atoms with Gasteiger partial charge in [0.05, 0.1) is 18.2 Å². The highest BCUT2D eigenvalue weighted by atomic mass is 16.5. The molecule has 0 spiro atoms. The highest BCUT2D eigenvalue weighted by molar-refractivity contribution is 6.03. The Bertz CT molecular complexity index is 951. The lowest BCUT2D eigenvalue weighted by molar-refractivity contribution is -0.146. The number of dihydropyridines is 1. The summed E-state index contributed by atoms with van der Waals surface area (Å²) in [4.78, 5) is 38.1. The number of nitrogens with one attached hydrogen (secondary N) is 1. The van der Waals surface area contributed by atoms with Crippen LogP contribution in [0.5, 0.6) is 0 Å². The number of methoxy groups -OCH3 is 1. The fourth-order valence-corrected chi connectivity index (χ4v) is 4.91. The van der Waals surface area contributed by atoms with Crippen molar-refractivity contribution in [1.29, 1.82) is 0 Å². The zero-order chi connectivity index (χ0) is 22.0. The van der Waals surface area contributed by atoms with E-state index in [1.807, 2.05) is 6.92 Å². The Morgan fingerprint density at radius 1 is 0.968 bits per heavy atom. The molecule has 1 saturated carbocycles. The molecule has 6 nitrogen and oxygen atoms in total. The summed E-state index contributed by atoms with van der Waals surface area (Å²) in [6, 6.07) is 6.96. The van der Waals surface area contributed by atoms with Crippen LogP contribution in [0.3, 0.4) is 0 Å². The first-order valence-electron chi connectivity index (χ1n) is 11.1. The molecule has 3 aliphatic rings. The number of Topliss-reactive ketones (excluding diaryl/α,β-unsaturated/α-hetero) is 1. The minimum atomic E-state index is -0.494. The lowest BCUT2D eigenvalue weighted by atomic mass is 9.75. The fraction of sp³-hybridized carbons (Fsp3) is 0.480. The number of esters is 2. The van der Waals surface area contributed by atoms with Gasteiger partial charge in [-0.15, -0.1) is 0 Å². The van der Waals surface area contributed by atoms with Crippen molar-refractivity contribution >= 4 is 17.7 Å². The van der Waals surface area contributed by atoms with Crippen LogP contribution in [-0.2, 0) is 19.1 Å². The van der Waals surface area contributed by atoms with Crippen molar-refractivity contribution < 1.29 is 23.9 Å². The predicted molar refractivity (Wildman–Crippen MR) is 115 cm³/mol. The molecule has 0 aromatic heterocycles. The van der Waals surface area contributed by atoms with Gasteiger partial charge in [-0.3, -0.25) is 4.79 Å². The summed E-state index contributed by atoms with van der Waals surface area (Å²) in [5.41, 5.74) is 3.99. The molecule has 0 amide bonds. The first kappa shape index (κ1) is 21.3. The monoisotopic (exact) mass is 423 g/mol. The average Bonchev–Trinajstić information content (AvgIpc) is 2.78. The third-order valence-electron chi connectivity index (χ3n) is 6.49. The van der Waals surface area contributed by atoms with E-state index in [0.29, 0.717) is 23.1 Å². The number of benzene rings is 1. The highest BCUT2D eigenvalue weighted by Crippen LogP contribution is 2.43. The van der Waals surface area contributed by atoms with Crippen LogP contribution < -0.4 is 5.32 Å². The normalized spacial score (nSPS) is 22.0. The molecule has 1 aliphatic heterocycles. The summed E-state index contributed by atoms with van der Waals surface area (Å²) in [6.45, 7) is 1.87. The quantitative estimate of drug-likeness (QED) is 0.727. The second kappa shape index (κ2) is 9.08. The number of allylic oxidation sites excluding steroid dienone is 3. The Morgan fingerprint density at radius 2 is 1.68 bits per heavy atom. The fourth-order valence-electron chi connectivity index (χ4n) is 4.91. The summed E-state index contributed by atoms with van der Waals surface area (Å²) in [7, 11) is 1.34. The van der Waals surface area contributed by atoms with E-state index >= 15 is 0 Å². The predicted octanol–water partition coefficient (Wildman–Crippen LogP) is 4.32. The zero-order valence-electron chi connectivity index (χ0n) is 18.2. The Balaban J connectivity index is 1.72. The summed E-state index contributed by atoms with van der Waals surface area (Å²) in [5.74, 6) is -1.21. The van der Waals surface area contributed by atoms with Crippen molar-refractivity contribution in [2.24, 2.45) is 0 Å². The molecular formula is C25H29NO5. The first-order chi connectivity index (χ1) is 15.0. The van der Waals surface area contributed by atoms with Crippen LogP contribution in [0.1, 0.15) is 80.1 Å². The van der Waals surface area contributed by atoms with Gasteiger partial charge in [-0.1, -0.05) is 18.6 Å². The van der Waals surface area contributed by atoms with Crippen molar-refractivity contribution in [3.63, 3.8) is 0 Å². The number of rotatable bonds is 4. The molecular weight excluding hydrogens is 394 g/mol. The Kier molecular flexibility index (Phi) is 6.25. The van der Waals surface area contributed by atoms with Crippen molar-refractivity contribution in [3.8, 4) is 0 Å². The minimum Gasteiger partial charge on any atom is -0.465 e. The Morgan fingerprint density at radius 3 is 2.35 bits per heavy atom. The van der Waals surface area contributed by atoms with Gasteiger partial charge in [-0.2, -0.15) is 0 Å². The van der Waals surface area contributed by atoms with Gasteiger partial charge in [0, 0.05) is 29.3 Å². The Labute approximate surface area is 182 Å². The van der Waals surface area contributed by atoms with Crippen LogP contribution in [-0.4, -0.2) is 30.9 Å². The largest absolute Gasteiger partial charge is 0.465 e. The maximum Gasteiger partial charge on any atom is 0.337 e. The molecule has 4 rings (SSSR count). The number of carbonyl (C=O) groups excluding carboxylic acids is 3. The van der Waals surface area contributed by atoms with Crippen LogP contribution in [0.4, 0.5) is 0 Å². The van der Waals surface area contributed by atoms with Crippen molar-refractivity contribution in [2.45, 2.75) is 70.3 Å². The first-order valence-corrected chi connectivity index (χ1v) is 11.1. The maximum atomic E-state index is 13.3. The van der Waals surface area contributed by atoms with E-state index in [0.717, 1.165) is 55.5 Å². The van der Waals surface area contributed by atoms with Crippen molar-refractivity contribution in [2.75, 3.05) is 7.11 Å². The van der Waals surface area contributed by atoms with Gasteiger partial charge in [-0.05, 0) is 63.1 Å². The van der Waals surface area contributed by atoms with Crippen LogP contribution in [0.15, 0.2) is 46.8 Å². The van der Waals surface area contributed by atoms with Gasteiger partial charge in [-0.25, -0.2) is 9.59 Å². The van der Waals surface area contributed by atoms with E-state index in [-0.39, 0.29) is 17.9 Å². The minimum absolute atomic E-state index is 0.0614. The number of ketones is 1. The average molecular weight is 424 g/mol. The van der Waals surface area contributed by atoms with Gasteiger partial charge >= 0.3 is 11.9 Å². The highest BCUT2D eigenvalue weighted by Gasteiger charge is 2.39. The number of carbonyl (C=O) groups is 3. The number of hydrogen-bond donors (Lipinski definition) is 1. The summed E-state index contributed by atoms with van der Waals surface area (Å²) in [5, 5.41) is 3.32. The summed E-state index contributed by atoms with van der Waals surface area (Å²) in [6.07, 6.45) is 7.07. The van der Waals surface area contributed by atoms with Gasteiger partial charge in [0.1, 0.15) is 6.10 Å². The molecule has 1 fully saturated rings. The lowest BCUT2D eigenvalue weighted by Gasteiger charge is -2.35. The molecule has 31 heavy (non-hydrogen) atoms. The summed E-state index contributed by atoms with van der Waals surface area (Å²) < 4.78 is 10.7. The van der Waals surface area contributed by atoms with Crippen LogP contribution in [0.2, 0.25) is 0 Å². The molecule has 1 aromatic carbocycles. The molecule has 6 heteroatoms. The molecule has 0 unspecified atom stereocenters. The molecule has 1 atom stereocenters. The topological polar surface area (TPSA) is 81.7 Å². The van der Waals surface area contributed by atoms with E-state index in [9.17, 15) is 14.4 Å². The lowest BCUT2D eigenvalue weighted by Crippen LogP contribution is -2.35. The molecule has 1 N–H and O–H groups in total. The summed E-state index contributed by atoms with van der Waals surface area (Å²) >= 11 is 0. The van der Waals surface area contributed by atoms with Gasteiger partial charge < -0.3 is 14.8 Å². The molecule has 0 bridgehead atoms. The third kappa shape index (κ3) is 4.29. The second-order valence-electron chi connectivity index (χ2n) is 8.54. The van der Waals surface area contributed by atoms with Crippen LogP contribution in [0.25, 0.3) is 0 Å². The third-order valence-corrected chi connectivity index (χ3v) is 6.49. The number of ether oxygens (including phenoxy) is 2. The van der Waals surface area contributed by atoms with Crippen LogP contribution >= 0.6 is 0 Å². The standard InChI is InChI=1S/C25H29NO5/c1-15-21(25(29)31-18-7-4-3-5-8-18)22(23-19(26-15)9-6-10-20(23)27)16-11-13-17(14-12-16)24(28)30-2/h11-14,18,22,26H,3-10H2,1-2H3/t22-/m0/s1. The van der Waals surface area contributed by atoms with Crippen molar-refractivity contribution in [3.05, 3.63) is 57.9 Å².